The standard InChI is InChI=1S/C32H20FN2O2/c1-18-7-11-25-30-20(16-34)9-12-22(19-8-13-24-23-5-3-4-6-27(23)36-28(24)15-19)31(30)37-32(25)29(18)26-14-10-21(33)17-35(26)2/h3-15,17H,1-2H3/q+1. The average molecular weight is 484 g/mol. The van der Waals surface area contributed by atoms with Crippen LogP contribution in [0.4, 0.5) is 4.39 Å². The Morgan fingerprint density at radius 1 is 0.811 bits per heavy atom. The van der Waals surface area contributed by atoms with E-state index in [1.165, 1.54) is 12.3 Å². The molecular formula is C32H20FN2O2+. The van der Waals surface area contributed by atoms with Crippen molar-refractivity contribution in [3.05, 3.63) is 102 Å². The third kappa shape index (κ3) is 3.09. The maximum absolute atomic E-state index is 13.9. The van der Waals surface area contributed by atoms with Crippen LogP contribution in [0.5, 0.6) is 0 Å². The summed E-state index contributed by atoms with van der Waals surface area (Å²) < 4.78 is 28.4. The number of hydrogen-bond acceptors (Lipinski definition) is 3. The van der Waals surface area contributed by atoms with Gasteiger partial charge in [0.05, 0.1) is 17.2 Å². The Morgan fingerprint density at radius 3 is 2.46 bits per heavy atom. The Balaban J connectivity index is 1.54. The molecule has 0 fully saturated rings. The fraction of sp³-hybridized carbons (Fsp3) is 0.0625. The molecule has 0 amide bonds. The normalized spacial score (nSPS) is 11.6. The minimum atomic E-state index is -0.310. The zero-order valence-corrected chi connectivity index (χ0v) is 20.2. The Morgan fingerprint density at radius 2 is 1.62 bits per heavy atom. The minimum Gasteiger partial charge on any atom is -0.456 e. The van der Waals surface area contributed by atoms with Gasteiger partial charge in [0.1, 0.15) is 29.4 Å². The SMILES string of the molecule is Cc1ccc2c(oc3c(-c4ccc5c(c4)oc4ccccc45)ccc(C#N)c32)c1-c1ccc(F)c[n+]1C. The van der Waals surface area contributed by atoms with Crippen molar-refractivity contribution in [3.8, 4) is 28.5 Å². The number of aryl methyl sites for hydroxylation is 2. The van der Waals surface area contributed by atoms with Gasteiger partial charge in [-0.2, -0.15) is 9.83 Å². The van der Waals surface area contributed by atoms with Crippen molar-refractivity contribution in [2.24, 2.45) is 7.05 Å². The molecule has 0 unspecified atom stereocenters. The van der Waals surface area contributed by atoms with Crippen LogP contribution in [-0.4, -0.2) is 0 Å². The monoisotopic (exact) mass is 483 g/mol. The van der Waals surface area contributed by atoms with E-state index in [0.717, 1.165) is 60.7 Å². The van der Waals surface area contributed by atoms with E-state index in [0.29, 0.717) is 16.7 Å². The highest BCUT2D eigenvalue weighted by Crippen LogP contribution is 2.42. The van der Waals surface area contributed by atoms with E-state index < -0.39 is 0 Å². The smallest absolute Gasteiger partial charge is 0.216 e. The summed E-state index contributed by atoms with van der Waals surface area (Å²) in [7, 11) is 1.81. The van der Waals surface area contributed by atoms with Crippen LogP contribution in [0.25, 0.3) is 66.3 Å². The van der Waals surface area contributed by atoms with Gasteiger partial charge in [-0.1, -0.05) is 36.4 Å². The largest absolute Gasteiger partial charge is 0.456 e. The second-order valence-corrected chi connectivity index (χ2v) is 9.37. The lowest BCUT2D eigenvalue weighted by molar-refractivity contribution is -0.661. The highest BCUT2D eigenvalue weighted by molar-refractivity contribution is 6.16. The third-order valence-electron chi connectivity index (χ3n) is 7.16. The van der Waals surface area contributed by atoms with Gasteiger partial charge < -0.3 is 8.83 Å². The fourth-order valence-electron chi connectivity index (χ4n) is 5.41. The molecule has 0 saturated carbocycles. The molecule has 0 aliphatic carbocycles. The molecule has 0 bridgehead atoms. The summed E-state index contributed by atoms with van der Waals surface area (Å²) in [6.07, 6.45) is 1.45. The van der Waals surface area contributed by atoms with Crippen molar-refractivity contribution in [1.29, 1.82) is 5.26 Å². The molecule has 0 N–H and O–H groups in total. The molecule has 3 aromatic heterocycles. The molecule has 7 aromatic rings. The molecule has 0 aliphatic rings. The van der Waals surface area contributed by atoms with Crippen molar-refractivity contribution in [2.45, 2.75) is 6.92 Å². The first-order chi connectivity index (χ1) is 18.0. The number of aromatic nitrogens is 1. The molecule has 4 aromatic carbocycles. The van der Waals surface area contributed by atoms with Crippen LogP contribution in [-0.2, 0) is 7.05 Å². The van der Waals surface area contributed by atoms with Crippen LogP contribution in [0.3, 0.4) is 0 Å². The number of halogens is 1. The summed E-state index contributed by atoms with van der Waals surface area (Å²) in [5.74, 6) is -0.310. The third-order valence-corrected chi connectivity index (χ3v) is 7.16. The van der Waals surface area contributed by atoms with Crippen LogP contribution >= 0.6 is 0 Å². The van der Waals surface area contributed by atoms with Crippen LogP contribution in [0.15, 0.2) is 93.9 Å². The summed E-state index contributed by atoms with van der Waals surface area (Å²) in [4.78, 5) is 0. The van der Waals surface area contributed by atoms with Gasteiger partial charge >= 0.3 is 0 Å². The quantitative estimate of drug-likeness (QED) is 0.234. The number of benzene rings is 4. The number of para-hydroxylation sites is 1. The van der Waals surface area contributed by atoms with Crippen molar-refractivity contribution in [1.82, 2.24) is 0 Å². The van der Waals surface area contributed by atoms with Gasteiger partial charge in [-0.15, -0.1) is 0 Å². The topological polar surface area (TPSA) is 54.0 Å². The zero-order valence-electron chi connectivity index (χ0n) is 20.2. The Hall–Kier alpha value is -4.95. The van der Waals surface area contributed by atoms with Crippen molar-refractivity contribution < 1.29 is 17.8 Å². The van der Waals surface area contributed by atoms with Gasteiger partial charge in [0, 0.05) is 33.2 Å². The van der Waals surface area contributed by atoms with E-state index in [9.17, 15) is 9.65 Å². The molecule has 0 radical (unpaired) electrons. The van der Waals surface area contributed by atoms with Crippen molar-refractivity contribution >= 4 is 43.9 Å². The van der Waals surface area contributed by atoms with Gasteiger partial charge in [0.2, 0.25) is 11.9 Å². The second kappa shape index (κ2) is 7.78. The average Bonchev–Trinajstić information content (AvgIpc) is 3.47. The van der Waals surface area contributed by atoms with E-state index in [1.54, 1.807) is 10.6 Å². The Kier molecular flexibility index (Phi) is 4.49. The molecule has 0 spiro atoms. The van der Waals surface area contributed by atoms with E-state index >= 15 is 0 Å². The molecule has 0 saturated heterocycles. The van der Waals surface area contributed by atoms with Crippen LogP contribution in [0.2, 0.25) is 0 Å². The Labute approximate surface area is 211 Å². The molecule has 3 heterocycles. The summed E-state index contributed by atoms with van der Waals surface area (Å²) in [5, 5.41) is 13.7. The zero-order chi connectivity index (χ0) is 25.3. The molecule has 0 aliphatic heterocycles. The van der Waals surface area contributed by atoms with Gasteiger partial charge in [-0.25, -0.2) is 4.39 Å². The highest BCUT2D eigenvalue weighted by atomic mass is 19.1. The lowest BCUT2D eigenvalue weighted by atomic mass is 9.96. The number of rotatable bonds is 2. The number of hydrogen-bond donors (Lipinski definition) is 0. The summed E-state index contributed by atoms with van der Waals surface area (Å²) in [6.45, 7) is 2.01. The van der Waals surface area contributed by atoms with Crippen LogP contribution in [0, 0.1) is 24.1 Å². The minimum absolute atomic E-state index is 0.310. The molecule has 7 rings (SSSR count). The van der Waals surface area contributed by atoms with Crippen LogP contribution in [0.1, 0.15) is 11.1 Å². The van der Waals surface area contributed by atoms with Gasteiger partial charge in [0.25, 0.3) is 0 Å². The lowest BCUT2D eigenvalue weighted by Crippen LogP contribution is -2.31. The molecule has 176 valence electrons. The first kappa shape index (κ1) is 21.3. The molecular weight excluding hydrogens is 463 g/mol. The van der Waals surface area contributed by atoms with Crippen molar-refractivity contribution in [2.75, 3.05) is 0 Å². The predicted molar refractivity (Wildman–Crippen MR) is 142 cm³/mol. The number of nitrogens with zero attached hydrogens (tertiary/aromatic N) is 2. The lowest BCUT2D eigenvalue weighted by Gasteiger charge is -2.05. The molecule has 5 heteroatoms. The maximum atomic E-state index is 13.9. The van der Waals surface area contributed by atoms with E-state index in [2.05, 4.69) is 24.3 Å². The molecule has 0 atom stereocenters. The summed E-state index contributed by atoms with van der Waals surface area (Å²) in [5.41, 5.74) is 8.00. The summed E-state index contributed by atoms with van der Waals surface area (Å²) in [6, 6.07) is 27.5. The van der Waals surface area contributed by atoms with Gasteiger partial charge in [-0.3, -0.25) is 0 Å². The number of nitriles is 1. The van der Waals surface area contributed by atoms with Gasteiger partial charge in [-0.05, 0) is 54.4 Å². The predicted octanol–water partition coefficient (Wildman–Crippen LogP) is 7.96. The summed E-state index contributed by atoms with van der Waals surface area (Å²) >= 11 is 0. The maximum Gasteiger partial charge on any atom is 0.216 e. The van der Waals surface area contributed by atoms with E-state index in [1.807, 2.05) is 62.5 Å². The van der Waals surface area contributed by atoms with Gasteiger partial charge in [0.15, 0.2) is 5.82 Å². The first-order valence-corrected chi connectivity index (χ1v) is 12.0. The number of pyridine rings is 1. The fourth-order valence-corrected chi connectivity index (χ4v) is 5.41. The molecule has 4 nitrogen and oxygen atoms in total. The van der Waals surface area contributed by atoms with Crippen molar-refractivity contribution in [3.63, 3.8) is 0 Å². The first-order valence-electron chi connectivity index (χ1n) is 12.0. The molecule has 37 heavy (non-hydrogen) atoms. The highest BCUT2D eigenvalue weighted by Gasteiger charge is 2.24. The van der Waals surface area contributed by atoms with Crippen LogP contribution < -0.4 is 4.57 Å². The second-order valence-electron chi connectivity index (χ2n) is 9.37. The van der Waals surface area contributed by atoms with E-state index in [4.69, 9.17) is 8.83 Å². The Bertz CT molecular complexity index is 2090. The number of furan rings is 2. The number of fused-ring (bicyclic) bond motifs is 6. The van der Waals surface area contributed by atoms with E-state index in [-0.39, 0.29) is 5.82 Å².